The van der Waals surface area contributed by atoms with Gasteiger partial charge in [0.05, 0.1) is 12.8 Å². The zero-order valence-electron chi connectivity index (χ0n) is 11.4. The Morgan fingerprint density at radius 1 is 1.48 bits per heavy atom. The number of hydrogen-bond acceptors (Lipinski definition) is 9. The molecule has 3 atom stereocenters. The van der Waals surface area contributed by atoms with Gasteiger partial charge in [-0.05, 0) is 0 Å². The van der Waals surface area contributed by atoms with E-state index in [-0.39, 0.29) is 23.1 Å². The molecule has 122 valence electrons. The summed E-state index contributed by atoms with van der Waals surface area (Å²) in [6.45, 7) is -0.595. The van der Waals surface area contributed by atoms with Gasteiger partial charge in [-0.15, -0.1) is 5.10 Å². The van der Waals surface area contributed by atoms with Gasteiger partial charge in [-0.2, -0.15) is 10.2 Å². The molecule has 0 amide bonds. The molecule has 0 bridgehead atoms. The number of aliphatic hydroxyl groups is 2. The van der Waals surface area contributed by atoms with Gasteiger partial charge in [0.2, 0.25) is 11.5 Å². The molecular weight excluding hydrogens is 349 g/mol. The van der Waals surface area contributed by atoms with Crippen LogP contribution in [0.15, 0.2) is 6.20 Å². The molecule has 0 radical (unpaired) electrons. The summed E-state index contributed by atoms with van der Waals surface area (Å²) >= 11 is 12.4. The number of nitrogens with two attached hydrogens (primary N) is 2. The maximum absolute atomic E-state index is 10.2. The van der Waals surface area contributed by atoms with Gasteiger partial charge in [0.1, 0.15) is 24.0 Å². The highest BCUT2D eigenvalue weighted by Gasteiger charge is 2.67. The zero-order valence-corrected chi connectivity index (χ0v) is 12.9. The van der Waals surface area contributed by atoms with E-state index >= 15 is 0 Å². The summed E-state index contributed by atoms with van der Waals surface area (Å²) in [7, 11) is 0. The Kier molecular flexibility index (Phi) is 3.51. The first-order valence-electron chi connectivity index (χ1n) is 6.31. The van der Waals surface area contributed by atoms with Crippen molar-refractivity contribution in [2.75, 3.05) is 18.1 Å². The van der Waals surface area contributed by atoms with E-state index in [1.165, 1.54) is 6.20 Å². The predicted octanol–water partition coefficient (Wildman–Crippen LogP) is -1.07. The second kappa shape index (κ2) is 5.05. The fraction of sp³-hybridized carbons (Fsp3) is 0.455. The topological polar surface area (TPSA) is 169 Å². The van der Waals surface area contributed by atoms with Crippen LogP contribution in [0.25, 0.3) is 5.65 Å². The average Bonchev–Trinajstić information content (AvgIpc) is 2.99. The summed E-state index contributed by atoms with van der Waals surface area (Å²) in [5.41, 5.74) is 9.31. The molecule has 10 nitrogen and oxygen atoms in total. The van der Waals surface area contributed by atoms with E-state index in [1.54, 1.807) is 0 Å². The highest BCUT2D eigenvalue weighted by atomic mass is 35.5. The summed E-state index contributed by atoms with van der Waals surface area (Å²) in [4.78, 5) is 7.76. The molecule has 2 aromatic rings. The lowest BCUT2D eigenvalue weighted by Crippen LogP contribution is -2.45. The fourth-order valence-corrected chi connectivity index (χ4v) is 3.15. The summed E-state index contributed by atoms with van der Waals surface area (Å²) in [6, 6.07) is 1.84. The van der Waals surface area contributed by atoms with Crippen molar-refractivity contribution in [3.05, 3.63) is 11.9 Å². The minimum Gasteiger partial charge on any atom is -0.394 e. The molecule has 23 heavy (non-hydrogen) atoms. The number of nitrogens with zero attached hydrogens (tertiary/aromatic N) is 5. The molecule has 3 rings (SSSR count). The number of aliphatic hydroxyl groups excluding tert-OH is 2. The molecular formula is C11H11Cl2N7O3. The molecule has 2 aromatic heterocycles. The largest absolute Gasteiger partial charge is 0.394 e. The fourth-order valence-electron chi connectivity index (χ4n) is 2.50. The van der Waals surface area contributed by atoms with Gasteiger partial charge >= 0.3 is 0 Å². The van der Waals surface area contributed by atoms with E-state index in [4.69, 9.17) is 39.4 Å². The molecule has 0 unspecified atom stereocenters. The van der Waals surface area contributed by atoms with E-state index in [2.05, 4.69) is 15.1 Å². The Morgan fingerprint density at radius 2 is 2.17 bits per heavy atom. The quantitative estimate of drug-likeness (QED) is 0.487. The van der Waals surface area contributed by atoms with Crippen molar-refractivity contribution in [3.8, 4) is 6.07 Å². The molecule has 0 aromatic carbocycles. The number of rotatable bonds is 2. The molecule has 0 saturated carbocycles. The lowest BCUT2D eigenvalue weighted by Gasteiger charge is -2.29. The van der Waals surface area contributed by atoms with Crippen LogP contribution in [0.5, 0.6) is 0 Å². The number of nitriles is 1. The van der Waals surface area contributed by atoms with Crippen molar-refractivity contribution in [1.29, 1.82) is 5.26 Å². The zero-order chi connectivity index (χ0) is 17.0. The molecule has 0 spiro atoms. The van der Waals surface area contributed by atoms with Gasteiger partial charge in [0.25, 0.3) is 0 Å². The maximum Gasteiger partial charge on any atom is 0.240 e. The van der Waals surface area contributed by atoms with Crippen molar-refractivity contribution in [2.24, 2.45) is 0 Å². The summed E-state index contributed by atoms with van der Waals surface area (Å²) < 4.78 is 4.50. The van der Waals surface area contributed by atoms with Gasteiger partial charge in [-0.25, -0.2) is 9.50 Å². The minimum absolute atomic E-state index is 0.00389. The molecule has 6 N–H and O–H groups in total. The summed E-state index contributed by atoms with van der Waals surface area (Å²) in [6.07, 6.45) is -1.49. The number of anilines is 2. The first kappa shape index (κ1) is 16.0. The van der Waals surface area contributed by atoms with Crippen LogP contribution in [0.3, 0.4) is 0 Å². The van der Waals surface area contributed by atoms with Crippen LogP contribution >= 0.6 is 23.2 Å². The second-order valence-corrected chi connectivity index (χ2v) is 6.32. The predicted molar refractivity (Wildman–Crippen MR) is 79.3 cm³/mol. The molecule has 1 aliphatic rings. The third-order valence-corrected chi connectivity index (χ3v) is 4.60. The Morgan fingerprint density at radius 3 is 2.74 bits per heavy atom. The Balaban J connectivity index is 2.29. The van der Waals surface area contributed by atoms with Crippen LogP contribution in [0, 0.1) is 11.3 Å². The van der Waals surface area contributed by atoms with Crippen molar-refractivity contribution >= 4 is 40.6 Å². The molecule has 12 heteroatoms. The highest BCUT2D eigenvalue weighted by Crippen LogP contribution is 2.53. The van der Waals surface area contributed by atoms with Crippen LogP contribution in [0.4, 0.5) is 11.8 Å². The number of halogens is 2. The third-order valence-electron chi connectivity index (χ3n) is 3.62. The van der Waals surface area contributed by atoms with E-state index in [0.29, 0.717) is 0 Å². The number of ether oxygens (including phenoxy) is 1. The van der Waals surface area contributed by atoms with E-state index in [1.807, 2.05) is 6.07 Å². The number of alkyl halides is 2. The van der Waals surface area contributed by atoms with E-state index in [0.717, 1.165) is 4.52 Å². The smallest absolute Gasteiger partial charge is 0.240 e. The lowest BCUT2D eigenvalue weighted by atomic mass is 9.95. The average molecular weight is 360 g/mol. The molecule has 1 fully saturated rings. The van der Waals surface area contributed by atoms with Crippen molar-refractivity contribution < 1.29 is 14.9 Å². The van der Waals surface area contributed by atoms with Gasteiger partial charge in [-0.1, -0.05) is 23.2 Å². The Bertz CT molecular complexity index is 820. The van der Waals surface area contributed by atoms with Gasteiger partial charge in [0.15, 0.2) is 15.8 Å². The maximum atomic E-state index is 10.2. The van der Waals surface area contributed by atoms with Crippen LogP contribution < -0.4 is 11.5 Å². The number of fused-ring (bicyclic) bond motifs is 1. The normalized spacial score (nSPS) is 29.7. The van der Waals surface area contributed by atoms with Crippen molar-refractivity contribution in [3.63, 3.8) is 0 Å². The van der Waals surface area contributed by atoms with Crippen LogP contribution in [-0.2, 0) is 10.3 Å². The van der Waals surface area contributed by atoms with E-state index in [9.17, 15) is 15.5 Å². The lowest BCUT2D eigenvalue weighted by molar-refractivity contribution is -0.0524. The Labute approximate surface area is 139 Å². The first-order valence-corrected chi connectivity index (χ1v) is 7.07. The second-order valence-electron chi connectivity index (χ2n) is 4.93. The van der Waals surface area contributed by atoms with Gasteiger partial charge in [0, 0.05) is 0 Å². The number of aromatic nitrogens is 4. The SMILES string of the molecule is N#C[C@@]1(c2cnc3c(N)nc(N)nn23)O[C@H](CO)[C@H](O)C1(Cl)Cl. The Hall–Kier alpha value is -1.90. The third kappa shape index (κ3) is 1.95. The summed E-state index contributed by atoms with van der Waals surface area (Å²) in [5, 5.41) is 33.0. The minimum atomic E-state index is -2.10. The van der Waals surface area contributed by atoms with Gasteiger partial charge < -0.3 is 26.4 Å². The van der Waals surface area contributed by atoms with E-state index < -0.39 is 28.7 Å². The number of nitrogen functional groups attached to an aromatic ring is 2. The number of imidazole rings is 1. The molecule has 1 saturated heterocycles. The van der Waals surface area contributed by atoms with Crippen LogP contribution in [-0.4, -0.2) is 52.9 Å². The first-order chi connectivity index (χ1) is 10.8. The monoisotopic (exact) mass is 359 g/mol. The summed E-state index contributed by atoms with van der Waals surface area (Å²) in [5.74, 6) is -0.196. The van der Waals surface area contributed by atoms with Crippen LogP contribution in [0.1, 0.15) is 5.69 Å². The molecule has 0 aliphatic carbocycles. The van der Waals surface area contributed by atoms with Crippen LogP contribution in [0.2, 0.25) is 0 Å². The standard InChI is InChI=1S/C11H11Cl2N7O3/c12-11(13)6(22)4(2-21)23-10(11,3-14)5-1-17-8-7(15)18-9(16)19-20(5)8/h1,4,6,21-22H,2H2,(H4,15,16,18,19)/t4-,6+,10+/m1/s1. The van der Waals surface area contributed by atoms with Crippen molar-refractivity contribution in [2.45, 2.75) is 22.1 Å². The van der Waals surface area contributed by atoms with Gasteiger partial charge in [-0.3, -0.25) is 0 Å². The molecule has 1 aliphatic heterocycles. The highest BCUT2D eigenvalue weighted by molar-refractivity contribution is 6.50. The molecule has 3 heterocycles. The number of hydrogen-bond donors (Lipinski definition) is 4. The van der Waals surface area contributed by atoms with Crippen molar-refractivity contribution in [1.82, 2.24) is 19.6 Å².